The van der Waals surface area contributed by atoms with E-state index in [0.717, 1.165) is 12.2 Å². The van der Waals surface area contributed by atoms with Crippen LogP contribution in [0.2, 0.25) is 0 Å². The Morgan fingerprint density at radius 2 is 1.60 bits per heavy atom. The number of benzene rings is 2. The molecule has 0 radical (unpaired) electrons. The van der Waals surface area contributed by atoms with E-state index >= 15 is 0 Å². The molecule has 0 saturated heterocycles. The zero-order valence-corrected chi connectivity index (χ0v) is 8.30. The molecule has 0 spiro atoms. The molecule has 0 aliphatic carbocycles. The van der Waals surface area contributed by atoms with E-state index in [1.807, 2.05) is 22.9 Å². The van der Waals surface area contributed by atoms with Crippen LogP contribution in [0.25, 0.3) is 0 Å². The third kappa shape index (κ3) is 1.34. The van der Waals surface area contributed by atoms with Crippen molar-refractivity contribution in [3.63, 3.8) is 0 Å². The number of azo groups is 2. The van der Waals surface area contributed by atoms with Crippen molar-refractivity contribution in [2.45, 2.75) is 6.54 Å². The van der Waals surface area contributed by atoms with Crippen LogP contribution < -0.4 is 4.70 Å². The van der Waals surface area contributed by atoms with E-state index in [9.17, 15) is 0 Å². The second kappa shape index (κ2) is 3.31. The van der Waals surface area contributed by atoms with Gasteiger partial charge < -0.3 is 0 Å². The molecule has 1 aliphatic rings. The summed E-state index contributed by atoms with van der Waals surface area (Å²) >= 11 is 0. The van der Waals surface area contributed by atoms with Gasteiger partial charge in [0.25, 0.3) is 0 Å². The van der Waals surface area contributed by atoms with Gasteiger partial charge in [0.15, 0.2) is 0 Å². The van der Waals surface area contributed by atoms with Gasteiger partial charge in [0, 0.05) is 18.2 Å². The molecule has 0 fully saturated rings. The molecule has 1 aliphatic heterocycles. The molecule has 0 N–H and O–H groups in total. The third-order valence-electron chi connectivity index (χ3n) is 2.60. The van der Waals surface area contributed by atoms with Gasteiger partial charge in [-0.2, -0.15) is 0 Å². The van der Waals surface area contributed by atoms with Crippen LogP contribution in [0.4, 0.5) is 11.4 Å². The Morgan fingerprint density at radius 3 is 2.47 bits per heavy atom. The van der Waals surface area contributed by atoms with Crippen LogP contribution in [0, 0.1) is 0 Å². The highest BCUT2D eigenvalue weighted by Gasteiger charge is 2.24. The lowest BCUT2D eigenvalue weighted by Crippen LogP contribution is -1.95. The topological polar surface area (TPSA) is 15.4 Å². The summed E-state index contributed by atoms with van der Waals surface area (Å²) in [6.45, 7) is 0.783. The van der Waals surface area contributed by atoms with Gasteiger partial charge in [-0.15, -0.1) is 0 Å². The van der Waals surface area contributed by atoms with Crippen LogP contribution in [0.1, 0.15) is 5.56 Å². The van der Waals surface area contributed by atoms with Gasteiger partial charge in [-0.1, -0.05) is 36.4 Å². The number of hydrogen-bond donors (Lipinski definition) is 0. The van der Waals surface area contributed by atoms with E-state index in [4.69, 9.17) is 0 Å². The van der Waals surface area contributed by atoms with Gasteiger partial charge >= 0.3 is 0 Å². The molecule has 72 valence electrons. The van der Waals surface area contributed by atoms with Gasteiger partial charge in [0.05, 0.1) is 5.56 Å². The second-order valence-corrected chi connectivity index (χ2v) is 3.58. The first-order chi connectivity index (χ1) is 7.45. The van der Waals surface area contributed by atoms with Crippen molar-refractivity contribution in [3.05, 3.63) is 60.2 Å². The Morgan fingerprint density at radius 1 is 0.867 bits per heavy atom. The van der Waals surface area contributed by atoms with E-state index in [1.54, 1.807) is 0 Å². The number of para-hydroxylation sites is 2. The van der Waals surface area contributed by atoms with Crippen LogP contribution in [0.3, 0.4) is 0 Å². The first-order valence-corrected chi connectivity index (χ1v) is 5.06. The largest absolute Gasteiger partial charge is 0.243 e. The van der Waals surface area contributed by atoms with Gasteiger partial charge in [-0.25, -0.2) is 0 Å². The highest BCUT2D eigenvalue weighted by molar-refractivity contribution is 5.56. The molecule has 1 heterocycles. The lowest BCUT2D eigenvalue weighted by molar-refractivity contribution is 0.858. The average Bonchev–Trinajstić information content (AvgIpc) is 2.74. The molecule has 2 heteroatoms. The minimum absolute atomic E-state index is 0.783. The van der Waals surface area contributed by atoms with Crippen molar-refractivity contribution in [2.24, 2.45) is 5.11 Å². The third-order valence-corrected chi connectivity index (χ3v) is 2.60. The van der Waals surface area contributed by atoms with Crippen molar-refractivity contribution < 1.29 is 0 Å². The molecule has 3 rings (SSSR count). The Balaban J connectivity index is 2.11. The summed E-state index contributed by atoms with van der Waals surface area (Å²) in [6, 6.07) is 18.6. The SMILES string of the molecule is c1ccc([N+]2=NCc3ccccc32)cc1. The molecule has 2 nitrogen and oxygen atoms in total. The van der Waals surface area contributed by atoms with Gasteiger partial charge in [-0.3, -0.25) is 0 Å². The van der Waals surface area contributed by atoms with Crippen LogP contribution >= 0.6 is 0 Å². The monoisotopic (exact) mass is 195 g/mol. The Kier molecular flexibility index (Phi) is 1.85. The highest BCUT2D eigenvalue weighted by atomic mass is 15.3. The van der Waals surface area contributed by atoms with E-state index in [2.05, 4.69) is 41.5 Å². The molecular weight excluding hydrogens is 184 g/mol. The Labute approximate surface area is 88.5 Å². The molecule has 0 atom stereocenters. The first kappa shape index (κ1) is 8.36. The van der Waals surface area contributed by atoms with E-state index in [-0.39, 0.29) is 0 Å². The first-order valence-electron chi connectivity index (χ1n) is 5.06. The molecule has 2 aromatic rings. The minimum Gasteiger partial charge on any atom is -0.0618 e. The predicted octanol–water partition coefficient (Wildman–Crippen LogP) is 3.49. The summed E-state index contributed by atoms with van der Waals surface area (Å²) in [4.78, 5) is 0. The average molecular weight is 195 g/mol. The van der Waals surface area contributed by atoms with Crippen LogP contribution in [-0.2, 0) is 6.54 Å². The highest BCUT2D eigenvalue weighted by Crippen LogP contribution is 2.29. The maximum Gasteiger partial charge on any atom is 0.243 e. The quantitative estimate of drug-likeness (QED) is 0.619. The van der Waals surface area contributed by atoms with Crippen LogP contribution in [0.15, 0.2) is 59.7 Å². The fourth-order valence-electron chi connectivity index (χ4n) is 1.86. The molecule has 0 unspecified atom stereocenters. The fraction of sp³-hybridized carbons (Fsp3) is 0.0769. The van der Waals surface area contributed by atoms with Crippen LogP contribution in [0.5, 0.6) is 0 Å². The van der Waals surface area contributed by atoms with Crippen LogP contribution in [-0.4, -0.2) is 0 Å². The van der Waals surface area contributed by atoms with Crippen molar-refractivity contribution in [2.75, 3.05) is 0 Å². The molecule has 15 heavy (non-hydrogen) atoms. The fourth-order valence-corrected chi connectivity index (χ4v) is 1.86. The Bertz CT molecular complexity index is 515. The summed E-state index contributed by atoms with van der Waals surface area (Å²) < 4.78 is 2.01. The molecule has 0 aromatic heterocycles. The molecule has 0 saturated carbocycles. The smallest absolute Gasteiger partial charge is 0.0618 e. The summed E-state index contributed by atoms with van der Waals surface area (Å²) in [6.07, 6.45) is 0. The zero-order chi connectivity index (χ0) is 10.1. The zero-order valence-electron chi connectivity index (χ0n) is 8.30. The minimum atomic E-state index is 0.783. The standard InChI is InChI=1S/C13H11N2/c1-2-7-12(8-3-1)15-13-9-5-4-6-11(13)10-14-15/h1-9H,10H2/q+1. The van der Waals surface area contributed by atoms with Crippen molar-refractivity contribution in [1.29, 1.82) is 0 Å². The molecular formula is C13H11N2+. The molecule has 0 amide bonds. The van der Waals surface area contributed by atoms with E-state index in [1.165, 1.54) is 11.3 Å². The van der Waals surface area contributed by atoms with Crippen molar-refractivity contribution in [3.8, 4) is 0 Å². The summed E-state index contributed by atoms with van der Waals surface area (Å²) in [5, 5.41) is 4.51. The van der Waals surface area contributed by atoms with E-state index in [0.29, 0.717) is 0 Å². The number of nitrogens with zero attached hydrogens (tertiary/aromatic N) is 2. The molecule has 2 aromatic carbocycles. The number of rotatable bonds is 1. The van der Waals surface area contributed by atoms with Crippen molar-refractivity contribution >= 4 is 11.4 Å². The summed E-state index contributed by atoms with van der Waals surface area (Å²) in [5.74, 6) is 0. The van der Waals surface area contributed by atoms with Gasteiger partial charge in [-0.05, 0) is 9.81 Å². The van der Waals surface area contributed by atoms with Gasteiger partial charge in [0.1, 0.15) is 6.54 Å². The summed E-state index contributed by atoms with van der Waals surface area (Å²) in [5.41, 5.74) is 3.62. The Hall–Kier alpha value is -1.96. The maximum atomic E-state index is 4.51. The summed E-state index contributed by atoms with van der Waals surface area (Å²) in [7, 11) is 0. The molecule has 0 bridgehead atoms. The van der Waals surface area contributed by atoms with E-state index < -0.39 is 0 Å². The van der Waals surface area contributed by atoms with Gasteiger partial charge in [0.2, 0.25) is 11.4 Å². The second-order valence-electron chi connectivity index (χ2n) is 3.58. The maximum absolute atomic E-state index is 4.51. The lowest BCUT2D eigenvalue weighted by atomic mass is 10.2. The lowest BCUT2D eigenvalue weighted by Gasteiger charge is -1.94. The predicted molar refractivity (Wildman–Crippen MR) is 60.5 cm³/mol. The number of fused-ring (bicyclic) bond motifs is 1. The number of hydrogen-bond acceptors (Lipinski definition) is 1. The van der Waals surface area contributed by atoms with Crippen molar-refractivity contribution in [1.82, 2.24) is 4.70 Å². The normalized spacial score (nSPS) is 13.5.